The summed E-state index contributed by atoms with van der Waals surface area (Å²) in [5.41, 5.74) is 2.99. The van der Waals surface area contributed by atoms with Crippen LogP contribution in [0.1, 0.15) is 55.4 Å². The third-order valence-corrected chi connectivity index (χ3v) is 6.20. The summed E-state index contributed by atoms with van der Waals surface area (Å²) in [7, 11) is 0. The van der Waals surface area contributed by atoms with E-state index in [1.807, 2.05) is 6.07 Å². The number of hydrogen-bond acceptors (Lipinski definition) is 4. The van der Waals surface area contributed by atoms with E-state index in [2.05, 4.69) is 56.6 Å². The molecule has 1 amide bonds. The van der Waals surface area contributed by atoms with Crippen LogP contribution in [0.4, 0.5) is 0 Å². The largest absolute Gasteiger partial charge is 0.381 e. The number of aromatic nitrogens is 1. The Morgan fingerprint density at radius 2 is 2.04 bits per heavy atom. The van der Waals surface area contributed by atoms with E-state index in [-0.39, 0.29) is 11.3 Å². The maximum Gasteiger partial charge on any atom is 0.230 e. The van der Waals surface area contributed by atoms with Gasteiger partial charge in [-0.15, -0.1) is 11.3 Å². The molecule has 2 aromatic rings. The fourth-order valence-corrected chi connectivity index (χ4v) is 4.56. The average Bonchev–Trinajstić information content (AvgIpc) is 3.11. The highest BCUT2D eigenvalue weighted by atomic mass is 32.1. The summed E-state index contributed by atoms with van der Waals surface area (Å²) in [5, 5.41) is 6.39. The van der Waals surface area contributed by atoms with E-state index in [1.165, 1.54) is 5.56 Å². The number of nitrogens with one attached hydrogen (secondary N) is 1. The normalized spacial score (nSPS) is 16.9. The highest BCUT2D eigenvalue weighted by Gasteiger charge is 2.41. The van der Waals surface area contributed by atoms with Crippen LogP contribution in [-0.2, 0) is 26.8 Å². The van der Waals surface area contributed by atoms with E-state index in [0.29, 0.717) is 19.8 Å². The number of carbonyl (C=O) groups excluding carboxylic acids is 1. The van der Waals surface area contributed by atoms with Crippen LogP contribution in [0.5, 0.6) is 0 Å². The summed E-state index contributed by atoms with van der Waals surface area (Å²) in [4.78, 5) is 17.9. The Kier molecular flexibility index (Phi) is 6.02. The van der Waals surface area contributed by atoms with Gasteiger partial charge in [0.2, 0.25) is 5.91 Å². The first-order valence-electron chi connectivity index (χ1n) is 9.69. The van der Waals surface area contributed by atoms with Gasteiger partial charge >= 0.3 is 0 Å². The molecule has 0 unspecified atom stereocenters. The van der Waals surface area contributed by atoms with Crippen molar-refractivity contribution in [3.05, 3.63) is 51.5 Å². The topological polar surface area (TPSA) is 51.2 Å². The molecule has 1 aliphatic heterocycles. The highest BCUT2D eigenvalue weighted by molar-refractivity contribution is 7.09. The standard InChI is InChI=1S/C22H30N2O2S/c1-16-6-5-7-17(14-16)22(9-12-26-13-10-22)20(25)23-11-8-19-24-18(15-27-19)21(2,3)4/h5-7,14-15H,8-13H2,1-4H3,(H,23,25). The van der Waals surface area contributed by atoms with Crippen LogP contribution in [0.3, 0.4) is 0 Å². The van der Waals surface area contributed by atoms with E-state index in [0.717, 1.165) is 35.5 Å². The summed E-state index contributed by atoms with van der Waals surface area (Å²) in [6, 6.07) is 8.33. The molecule has 0 bridgehead atoms. The minimum absolute atomic E-state index is 0.0648. The molecule has 146 valence electrons. The van der Waals surface area contributed by atoms with Gasteiger partial charge < -0.3 is 10.1 Å². The second-order valence-electron chi connectivity index (χ2n) is 8.45. The molecule has 1 N–H and O–H groups in total. The van der Waals surface area contributed by atoms with Gasteiger partial charge in [-0.1, -0.05) is 50.6 Å². The van der Waals surface area contributed by atoms with Crippen molar-refractivity contribution in [2.75, 3.05) is 19.8 Å². The van der Waals surface area contributed by atoms with Gasteiger partial charge in [-0.25, -0.2) is 4.98 Å². The molecule has 0 saturated carbocycles. The Bertz CT molecular complexity index is 786. The van der Waals surface area contributed by atoms with Crippen LogP contribution in [0.2, 0.25) is 0 Å². The van der Waals surface area contributed by atoms with E-state index in [9.17, 15) is 4.79 Å². The smallest absolute Gasteiger partial charge is 0.230 e. The van der Waals surface area contributed by atoms with Gasteiger partial charge in [0.25, 0.3) is 0 Å². The first-order valence-corrected chi connectivity index (χ1v) is 10.6. The zero-order chi connectivity index (χ0) is 19.5. The Morgan fingerprint density at radius 3 is 2.67 bits per heavy atom. The average molecular weight is 387 g/mol. The second kappa shape index (κ2) is 8.11. The monoisotopic (exact) mass is 386 g/mol. The molecule has 1 aliphatic rings. The third-order valence-electron chi connectivity index (χ3n) is 5.30. The number of carbonyl (C=O) groups is 1. The number of benzene rings is 1. The van der Waals surface area contributed by atoms with Crippen molar-refractivity contribution in [1.82, 2.24) is 10.3 Å². The minimum Gasteiger partial charge on any atom is -0.381 e. The number of hydrogen-bond donors (Lipinski definition) is 1. The van der Waals surface area contributed by atoms with Crippen molar-refractivity contribution in [3.8, 4) is 0 Å². The van der Waals surface area contributed by atoms with E-state index >= 15 is 0 Å². The molecule has 1 aromatic carbocycles. The summed E-state index contributed by atoms with van der Waals surface area (Å²) in [5.74, 6) is 0.115. The van der Waals surface area contributed by atoms with Gasteiger partial charge in [-0.3, -0.25) is 4.79 Å². The van der Waals surface area contributed by atoms with Crippen LogP contribution >= 0.6 is 11.3 Å². The Hall–Kier alpha value is -1.72. The lowest BCUT2D eigenvalue weighted by molar-refractivity contribution is -0.130. The Morgan fingerprint density at radius 1 is 1.30 bits per heavy atom. The van der Waals surface area contributed by atoms with Crippen LogP contribution in [-0.4, -0.2) is 30.6 Å². The molecule has 4 nitrogen and oxygen atoms in total. The molecule has 1 fully saturated rings. The van der Waals surface area contributed by atoms with Crippen molar-refractivity contribution in [2.24, 2.45) is 0 Å². The van der Waals surface area contributed by atoms with E-state index in [4.69, 9.17) is 9.72 Å². The van der Waals surface area contributed by atoms with Gasteiger partial charge in [0, 0.05) is 37.0 Å². The van der Waals surface area contributed by atoms with Crippen LogP contribution in [0.15, 0.2) is 29.6 Å². The van der Waals surface area contributed by atoms with Gasteiger partial charge in [-0.05, 0) is 25.3 Å². The molecule has 1 saturated heterocycles. The molecular formula is C22H30N2O2S. The predicted octanol–water partition coefficient (Wildman–Crippen LogP) is 4.16. The van der Waals surface area contributed by atoms with Crippen LogP contribution < -0.4 is 5.32 Å². The Balaban J connectivity index is 1.68. The zero-order valence-electron chi connectivity index (χ0n) is 16.8. The number of rotatable bonds is 5. The van der Waals surface area contributed by atoms with Crippen molar-refractivity contribution in [1.29, 1.82) is 0 Å². The number of amides is 1. The number of nitrogens with zero attached hydrogens (tertiary/aromatic N) is 1. The lowest BCUT2D eigenvalue weighted by atomic mass is 9.73. The van der Waals surface area contributed by atoms with Crippen molar-refractivity contribution < 1.29 is 9.53 Å². The SMILES string of the molecule is Cc1cccc(C2(C(=O)NCCc3nc(C(C)(C)C)cs3)CCOCC2)c1. The van der Waals surface area contributed by atoms with Gasteiger partial charge in [0.1, 0.15) is 0 Å². The predicted molar refractivity (Wildman–Crippen MR) is 110 cm³/mol. The maximum absolute atomic E-state index is 13.2. The minimum atomic E-state index is -0.482. The Labute approximate surface area is 166 Å². The van der Waals surface area contributed by atoms with Crippen LogP contribution in [0, 0.1) is 6.92 Å². The lowest BCUT2D eigenvalue weighted by Gasteiger charge is -2.36. The molecule has 0 radical (unpaired) electrons. The van der Waals surface area contributed by atoms with Crippen molar-refractivity contribution in [2.45, 2.75) is 57.8 Å². The third kappa shape index (κ3) is 4.58. The van der Waals surface area contributed by atoms with E-state index in [1.54, 1.807) is 11.3 Å². The van der Waals surface area contributed by atoms with Crippen molar-refractivity contribution >= 4 is 17.2 Å². The lowest BCUT2D eigenvalue weighted by Crippen LogP contribution is -2.48. The number of thiazole rings is 1. The van der Waals surface area contributed by atoms with Crippen LogP contribution in [0.25, 0.3) is 0 Å². The molecule has 5 heteroatoms. The number of aryl methyl sites for hydroxylation is 1. The molecule has 1 aromatic heterocycles. The fraction of sp³-hybridized carbons (Fsp3) is 0.545. The molecule has 0 aliphatic carbocycles. The summed E-state index contributed by atoms with van der Waals surface area (Å²) in [6.07, 6.45) is 2.23. The maximum atomic E-state index is 13.2. The summed E-state index contributed by atoms with van der Waals surface area (Å²) >= 11 is 1.68. The molecular weight excluding hydrogens is 356 g/mol. The molecule has 2 heterocycles. The van der Waals surface area contributed by atoms with E-state index < -0.39 is 5.41 Å². The molecule has 0 spiro atoms. The molecule has 27 heavy (non-hydrogen) atoms. The van der Waals surface area contributed by atoms with Gasteiger partial charge in [-0.2, -0.15) is 0 Å². The van der Waals surface area contributed by atoms with Gasteiger partial charge in [0.15, 0.2) is 0 Å². The fourth-order valence-electron chi connectivity index (χ4n) is 3.53. The molecule has 0 atom stereocenters. The summed E-state index contributed by atoms with van der Waals surface area (Å²) in [6.45, 7) is 10.5. The molecule has 3 rings (SSSR count). The first kappa shape index (κ1) is 20.0. The zero-order valence-corrected chi connectivity index (χ0v) is 17.6. The second-order valence-corrected chi connectivity index (χ2v) is 9.39. The number of ether oxygens (including phenoxy) is 1. The first-order chi connectivity index (χ1) is 12.8. The highest BCUT2D eigenvalue weighted by Crippen LogP contribution is 2.35. The quantitative estimate of drug-likeness (QED) is 0.840. The van der Waals surface area contributed by atoms with Crippen molar-refractivity contribution in [3.63, 3.8) is 0 Å². The van der Waals surface area contributed by atoms with Gasteiger partial charge in [0.05, 0.1) is 16.1 Å². The summed E-state index contributed by atoms with van der Waals surface area (Å²) < 4.78 is 5.55.